The van der Waals surface area contributed by atoms with Crippen LogP contribution < -0.4 is 11.1 Å². The zero-order valence-corrected chi connectivity index (χ0v) is 12.7. The third-order valence-electron chi connectivity index (χ3n) is 4.14. The van der Waals surface area contributed by atoms with Crippen LogP contribution in [-0.2, 0) is 4.74 Å². The molecule has 0 saturated heterocycles. The Kier molecular flexibility index (Phi) is 4.65. The summed E-state index contributed by atoms with van der Waals surface area (Å²) < 4.78 is 5.57. The van der Waals surface area contributed by atoms with Gasteiger partial charge >= 0.3 is 0 Å². The molecular formula is C14H29N3O. The van der Waals surface area contributed by atoms with Crippen molar-refractivity contribution in [2.75, 3.05) is 7.11 Å². The van der Waals surface area contributed by atoms with Crippen molar-refractivity contribution in [1.82, 2.24) is 5.32 Å². The Balaban J connectivity index is 2.76. The highest BCUT2D eigenvalue weighted by Gasteiger charge is 2.53. The van der Waals surface area contributed by atoms with E-state index in [0.717, 1.165) is 19.3 Å². The van der Waals surface area contributed by atoms with E-state index in [1.54, 1.807) is 7.11 Å². The Hall–Kier alpha value is -0.770. The van der Waals surface area contributed by atoms with E-state index >= 15 is 0 Å². The van der Waals surface area contributed by atoms with Crippen molar-refractivity contribution in [3.05, 3.63) is 0 Å². The van der Waals surface area contributed by atoms with Crippen molar-refractivity contribution in [2.45, 2.75) is 71.6 Å². The molecule has 0 heterocycles. The minimum Gasteiger partial charge on any atom is -0.381 e. The van der Waals surface area contributed by atoms with Crippen LogP contribution in [0.25, 0.3) is 0 Å². The molecule has 1 fully saturated rings. The zero-order valence-electron chi connectivity index (χ0n) is 12.7. The van der Waals surface area contributed by atoms with Crippen LogP contribution in [0.5, 0.6) is 0 Å². The van der Waals surface area contributed by atoms with E-state index in [0.29, 0.717) is 12.1 Å². The van der Waals surface area contributed by atoms with Gasteiger partial charge < -0.3 is 15.8 Å². The van der Waals surface area contributed by atoms with E-state index < -0.39 is 0 Å². The van der Waals surface area contributed by atoms with Crippen LogP contribution in [0, 0.1) is 5.41 Å². The molecule has 4 heteroatoms. The number of nitrogens with two attached hydrogens (primary N) is 1. The molecule has 0 aromatic carbocycles. The fourth-order valence-corrected chi connectivity index (χ4v) is 3.00. The summed E-state index contributed by atoms with van der Waals surface area (Å²) in [5, 5.41) is 3.22. The molecule has 0 aromatic heterocycles. The molecule has 1 aliphatic rings. The van der Waals surface area contributed by atoms with Gasteiger partial charge in [-0.2, -0.15) is 0 Å². The number of nitrogens with zero attached hydrogens (tertiary/aromatic N) is 1. The third-order valence-corrected chi connectivity index (χ3v) is 4.14. The van der Waals surface area contributed by atoms with Crippen molar-refractivity contribution in [3.63, 3.8) is 0 Å². The van der Waals surface area contributed by atoms with Gasteiger partial charge in [0.2, 0.25) is 0 Å². The molecule has 2 atom stereocenters. The van der Waals surface area contributed by atoms with E-state index in [4.69, 9.17) is 10.5 Å². The van der Waals surface area contributed by atoms with Crippen LogP contribution in [0.1, 0.15) is 53.9 Å². The van der Waals surface area contributed by atoms with Gasteiger partial charge in [0.1, 0.15) is 0 Å². The topological polar surface area (TPSA) is 59.6 Å². The fourth-order valence-electron chi connectivity index (χ4n) is 3.00. The number of guanidine groups is 1. The number of methoxy groups -OCH3 is 1. The summed E-state index contributed by atoms with van der Waals surface area (Å²) in [6, 6.07) is 0.285. The second kappa shape index (κ2) is 5.47. The van der Waals surface area contributed by atoms with Gasteiger partial charge in [-0.15, -0.1) is 0 Å². The van der Waals surface area contributed by atoms with Gasteiger partial charge in [-0.05, 0) is 40.0 Å². The first-order chi connectivity index (χ1) is 8.29. The van der Waals surface area contributed by atoms with Crippen molar-refractivity contribution in [3.8, 4) is 0 Å². The number of nitrogens with one attached hydrogen (secondary N) is 1. The Morgan fingerprint density at radius 1 is 1.39 bits per heavy atom. The van der Waals surface area contributed by atoms with E-state index in [1.807, 2.05) is 0 Å². The highest BCUT2D eigenvalue weighted by atomic mass is 16.5. The van der Waals surface area contributed by atoms with Crippen molar-refractivity contribution in [2.24, 2.45) is 16.1 Å². The smallest absolute Gasteiger partial charge is 0.189 e. The molecule has 0 amide bonds. The molecule has 1 aliphatic carbocycles. The highest BCUT2D eigenvalue weighted by molar-refractivity contribution is 5.78. The van der Waals surface area contributed by atoms with Gasteiger partial charge in [0, 0.05) is 18.1 Å². The largest absolute Gasteiger partial charge is 0.381 e. The van der Waals surface area contributed by atoms with Gasteiger partial charge in [0.25, 0.3) is 0 Å². The number of aliphatic imine (C=N–C) groups is 1. The van der Waals surface area contributed by atoms with Crippen LogP contribution in [0.15, 0.2) is 4.99 Å². The van der Waals surface area contributed by atoms with Crippen molar-refractivity contribution < 1.29 is 4.74 Å². The monoisotopic (exact) mass is 255 g/mol. The molecule has 18 heavy (non-hydrogen) atoms. The second-order valence-electron chi connectivity index (χ2n) is 6.31. The molecule has 106 valence electrons. The van der Waals surface area contributed by atoms with Crippen molar-refractivity contribution in [1.29, 1.82) is 0 Å². The lowest BCUT2D eigenvalue weighted by Crippen LogP contribution is -2.58. The summed E-state index contributed by atoms with van der Waals surface area (Å²) in [7, 11) is 1.79. The maximum Gasteiger partial charge on any atom is 0.189 e. The van der Waals surface area contributed by atoms with E-state index in [-0.39, 0.29) is 17.0 Å². The maximum atomic E-state index is 5.99. The summed E-state index contributed by atoms with van der Waals surface area (Å²) >= 11 is 0. The highest BCUT2D eigenvalue weighted by Crippen LogP contribution is 2.50. The molecule has 4 nitrogen and oxygen atoms in total. The average molecular weight is 255 g/mol. The van der Waals surface area contributed by atoms with Crippen LogP contribution in [0.4, 0.5) is 0 Å². The lowest BCUT2D eigenvalue weighted by molar-refractivity contribution is -0.111. The molecular weight excluding hydrogens is 226 g/mol. The molecule has 0 radical (unpaired) electrons. The van der Waals surface area contributed by atoms with Crippen LogP contribution in [0.2, 0.25) is 0 Å². The van der Waals surface area contributed by atoms with E-state index in [2.05, 4.69) is 44.9 Å². The normalized spacial score (nSPS) is 27.8. The summed E-state index contributed by atoms with van der Waals surface area (Å²) in [5.74, 6) is 0.549. The lowest BCUT2D eigenvalue weighted by atomic mass is 9.59. The maximum absolute atomic E-state index is 5.99. The molecule has 1 rings (SSSR count). The molecule has 3 N–H and O–H groups in total. The minimum atomic E-state index is -0.0426. The number of ether oxygens (including phenoxy) is 1. The van der Waals surface area contributed by atoms with Gasteiger partial charge in [-0.25, -0.2) is 4.99 Å². The summed E-state index contributed by atoms with van der Waals surface area (Å²) in [6.45, 7) is 10.7. The zero-order chi connectivity index (χ0) is 14.0. The second-order valence-corrected chi connectivity index (χ2v) is 6.31. The number of hydrogen-bond acceptors (Lipinski definition) is 2. The van der Waals surface area contributed by atoms with Gasteiger partial charge in [0.05, 0.1) is 12.1 Å². The van der Waals surface area contributed by atoms with Gasteiger partial charge in [-0.1, -0.05) is 13.8 Å². The number of rotatable bonds is 4. The average Bonchev–Trinajstić information content (AvgIpc) is 2.23. The quantitative estimate of drug-likeness (QED) is 0.598. The molecule has 2 unspecified atom stereocenters. The SMILES string of the molecule is CCC1(CC)C(N=C(N)NC(C)(C)C)CC1OC. The summed E-state index contributed by atoms with van der Waals surface area (Å²) in [5.41, 5.74) is 6.11. The molecule has 0 aliphatic heterocycles. The Bertz CT molecular complexity index is 303. The van der Waals surface area contributed by atoms with E-state index in [9.17, 15) is 0 Å². The number of hydrogen-bond donors (Lipinski definition) is 2. The van der Waals surface area contributed by atoms with Crippen LogP contribution in [-0.4, -0.2) is 30.8 Å². The predicted octanol–water partition coefficient (Wildman–Crippen LogP) is 2.28. The molecule has 1 saturated carbocycles. The first-order valence-electron chi connectivity index (χ1n) is 6.93. The fraction of sp³-hybridized carbons (Fsp3) is 0.929. The third kappa shape index (κ3) is 2.97. The Morgan fingerprint density at radius 3 is 2.33 bits per heavy atom. The van der Waals surface area contributed by atoms with Crippen molar-refractivity contribution >= 4 is 5.96 Å². The van der Waals surface area contributed by atoms with Crippen LogP contribution in [0.3, 0.4) is 0 Å². The standard InChI is InChI=1S/C14H29N3O/c1-7-14(8-2)10(9-11(14)18-6)16-12(15)17-13(3,4)5/h10-11H,7-9H2,1-6H3,(H3,15,16,17). The Labute approximate surface area is 111 Å². The molecule has 0 aromatic rings. The summed E-state index contributed by atoms with van der Waals surface area (Å²) in [4.78, 5) is 4.66. The Morgan fingerprint density at radius 2 is 1.94 bits per heavy atom. The minimum absolute atomic E-state index is 0.0426. The van der Waals surface area contributed by atoms with Gasteiger partial charge in [0.15, 0.2) is 5.96 Å². The lowest BCUT2D eigenvalue weighted by Gasteiger charge is -2.53. The molecule has 0 spiro atoms. The predicted molar refractivity (Wildman–Crippen MR) is 76.7 cm³/mol. The molecule has 0 bridgehead atoms. The van der Waals surface area contributed by atoms with E-state index in [1.165, 1.54) is 0 Å². The summed E-state index contributed by atoms with van der Waals surface area (Å²) in [6.07, 6.45) is 3.46. The first-order valence-corrected chi connectivity index (χ1v) is 6.93. The first kappa shape index (κ1) is 15.3. The van der Waals surface area contributed by atoms with Gasteiger partial charge in [-0.3, -0.25) is 0 Å². The van der Waals surface area contributed by atoms with Crippen LogP contribution >= 0.6 is 0 Å².